The lowest BCUT2D eigenvalue weighted by atomic mass is 9.96. The average molecular weight is 370 g/mol. The van der Waals surface area contributed by atoms with E-state index in [1.807, 2.05) is 24.3 Å². The Labute approximate surface area is 156 Å². The van der Waals surface area contributed by atoms with Crippen LogP contribution in [-0.2, 0) is 11.2 Å². The molecule has 136 valence electrons. The van der Waals surface area contributed by atoms with E-state index in [0.717, 1.165) is 35.2 Å². The third-order valence-electron chi connectivity index (χ3n) is 4.45. The number of thioether (sulfide) groups is 1. The van der Waals surface area contributed by atoms with Crippen LogP contribution in [0.1, 0.15) is 12.0 Å². The van der Waals surface area contributed by atoms with Crippen molar-refractivity contribution in [2.45, 2.75) is 17.7 Å². The fourth-order valence-corrected chi connectivity index (χ4v) is 3.87. The van der Waals surface area contributed by atoms with Crippen LogP contribution in [0.2, 0.25) is 0 Å². The second-order valence-electron chi connectivity index (χ2n) is 6.18. The van der Waals surface area contributed by atoms with Crippen LogP contribution >= 0.6 is 11.8 Å². The number of aryl methyl sites for hydroxylation is 1. The number of benzene rings is 2. The van der Waals surface area contributed by atoms with Gasteiger partial charge >= 0.3 is 5.97 Å². The van der Waals surface area contributed by atoms with Gasteiger partial charge in [0, 0.05) is 24.2 Å². The highest BCUT2D eigenvalue weighted by molar-refractivity contribution is 8.03. The van der Waals surface area contributed by atoms with Gasteiger partial charge in [-0.15, -0.1) is 0 Å². The number of fused-ring (bicyclic) bond motifs is 1. The van der Waals surface area contributed by atoms with E-state index in [4.69, 9.17) is 16.7 Å². The highest BCUT2D eigenvalue weighted by Crippen LogP contribution is 2.32. The first-order chi connectivity index (χ1) is 12.5. The second-order valence-corrected chi connectivity index (χ2v) is 7.30. The Kier molecular flexibility index (Phi) is 5.39. The van der Waals surface area contributed by atoms with Gasteiger partial charge in [0.05, 0.1) is 0 Å². The Balaban J connectivity index is 1.81. The lowest BCUT2D eigenvalue weighted by Gasteiger charge is -2.27. The average Bonchev–Trinajstić information content (AvgIpc) is 2.62. The zero-order valence-electron chi connectivity index (χ0n) is 14.5. The predicted molar refractivity (Wildman–Crippen MR) is 105 cm³/mol. The number of anilines is 1. The standard InChI is InChI=1S/C19H22N4O2S/c1-23-10-2-3-14-11-13(6-9-16(14)23)12-4-7-15(8-5-12)26-18(20)17(22-21)19(24)25/h4-9,11,22H,2-3,10,20-21H2,1H3,(H,24,25)/b18-17+. The van der Waals surface area contributed by atoms with Crippen molar-refractivity contribution in [1.82, 2.24) is 5.43 Å². The molecule has 0 bridgehead atoms. The first-order valence-corrected chi connectivity index (χ1v) is 9.13. The summed E-state index contributed by atoms with van der Waals surface area (Å²) < 4.78 is 0. The molecule has 3 rings (SSSR count). The molecule has 6 N–H and O–H groups in total. The quantitative estimate of drug-likeness (QED) is 0.277. The SMILES string of the molecule is CN1CCCc2cc(-c3ccc(S/C(N)=C(/NN)C(=O)O)cc3)ccc21. The van der Waals surface area contributed by atoms with Crippen LogP contribution in [0.4, 0.5) is 5.69 Å². The molecule has 7 heteroatoms. The molecule has 0 fully saturated rings. The highest BCUT2D eigenvalue weighted by Gasteiger charge is 2.15. The summed E-state index contributed by atoms with van der Waals surface area (Å²) in [5.74, 6) is 4.02. The minimum atomic E-state index is -1.19. The van der Waals surface area contributed by atoms with E-state index in [1.165, 1.54) is 23.2 Å². The van der Waals surface area contributed by atoms with Crippen LogP contribution in [0.15, 0.2) is 58.1 Å². The van der Waals surface area contributed by atoms with Gasteiger partial charge in [-0.05, 0) is 53.8 Å². The number of carbonyl (C=O) groups is 1. The summed E-state index contributed by atoms with van der Waals surface area (Å²) in [4.78, 5) is 14.2. The Hall–Kier alpha value is -2.64. The largest absolute Gasteiger partial charge is 0.476 e. The first kappa shape index (κ1) is 18.2. The number of hydrogen-bond donors (Lipinski definition) is 4. The maximum Gasteiger partial charge on any atom is 0.356 e. The van der Waals surface area contributed by atoms with E-state index in [2.05, 4.69) is 35.6 Å². The number of nitrogens with zero attached hydrogens (tertiary/aromatic N) is 1. The van der Waals surface area contributed by atoms with E-state index in [9.17, 15) is 4.79 Å². The molecule has 0 aromatic heterocycles. The Morgan fingerprint density at radius 2 is 1.88 bits per heavy atom. The molecule has 0 aliphatic carbocycles. The van der Waals surface area contributed by atoms with Crippen LogP contribution < -0.4 is 21.9 Å². The molecule has 6 nitrogen and oxygen atoms in total. The lowest BCUT2D eigenvalue weighted by Crippen LogP contribution is -2.29. The summed E-state index contributed by atoms with van der Waals surface area (Å²) in [5, 5.41) is 9.15. The molecule has 2 aromatic carbocycles. The van der Waals surface area contributed by atoms with Crippen LogP contribution in [0.5, 0.6) is 0 Å². The zero-order valence-corrected chi connectivity index (χ0v) is 15.3. The third kappa shape index (κ3) is 3.79. The van der Waals surface area contributed by atoms with Crippen molar-refractivity contribution in [1.29, 1.82) is 0 Å². The van der Waals surface area contributed by atoms with E-state index in [0.29, 0.717) is 0 Å². The molecule has 0 spiro atoms. The molecule has 0 saturated heterocycles. The number of hydrogen-bond acceptors (Lipinski definition) is 6. The molecule has 1 aliphatic rings. The van der Waals surface area contributed by atoms with Crippen molar-refractivity contribution >= 4 is 23.4 Å². The van der Waals surface area contributed by atoms with Crippen molar-refractivity contribution in [2.75, 3.05) is 18.5 Å². The van der Waals surface area contributed by atoms with Crippen LogP contribution in [0.25, 0.3) is 11.1 Å². The van der Waals surface area contributed by atoms with Gasteiger partial charge in [0.15, 0.2) is 5.70 Å². The van der Waals surface area contributed by atoms with E-state index in [1.54, 1.807) is 0 Å². The number of hydrazine groups is 1. The Morgan fingerprint density at radius 1 is 1.19 bits per heavy atom. The van der Waals surface area contributed by atoms with Crippen molar-refractivity contribution in [3.8, 4) is 11.1 Å². The normalized spacial score (nSPS) is 14.5. The summed E-state index contributed by atoms with van der Waals surface area (Å²) >= 11 is 1.16. The van der Waals surface area contributed by atoms with Gasteiger partial charge in [-0.25, -0.2) is 4.79 Å². The van der Waals surface area contributed by atoms with Crippen molar-refractivity contribution in [3.63, 3.8) is 0 Å². The number of nitrogens with one attached hydrogen (secondary N) is 1. The van der Waals surface area contributed by atoms with Crippen molar-refractivity contribution in [3.05, 3.63) is 58.8 Å². The van der Waals surface area contributed by atoms with E-state index < -0.39 is 5.97 Å². The number of carboxylic acids is 1. The Bertz CT molecular complexity index is 849. The monoisotopic (exact) mass is 370 g/mol. The highest BCUT2D eigenvalue weighted by atomic mass is 32.2. The molecular weight excluding hydrogens is 348 g/mol. The molecule has 26 heavy (non-hydrogen) atoms. The molecule has 1 heterocycles. The van der Waals surface area contributed by atoms with Gasteiger partial charge in [0.2, 0.25) is 0 Å². The maximum absolute atomic E-state index is 11.0. The molecular formula is C19H22N4O2S. The van der Waals surface area contributed by atoms with Gasteiger partial charge in [0.25, 0.3) is 0 Å². The molecule has 1 aliphatic heterocycles. The fourth-order valence-electron chi connectivity index (χ4n) is 3.10. The maximum atomic E-state index is 11.0. The van der Waals surface area contributed by atoms with Crippen molar-refractivity contribution < 1.29 is 9.90 Å². The van der Waals surface area contributed by atoms with Gasteiger partial charge < -0.3 is 21.2 Å². The summed E-state index contributed by atoms with van der Waals surface area (Å²) in [7, 11) is 2.13. The van der Waals surface area contributed by atoms with E-state index >= 15 is 0 Å². The second kappa shape index (κ2) is 7.72. The fraction of sp³-hybridized carbons (Fsp3) is 0.211. The first-order valence-electron chi connectivity index (χ1n) is 8.31. The molecule has 0 saturated carbocycles. The van der Waals surface area contributed by atoms with Gasteiger partial charge in [-0.3, -0.25) is 5.84 Å². The van der Waals surface area contributed by atoms with Gasteiger partial charge in [-0.1, -0.05) is 30.0 Å². The number of carboxylic acid groups (broad SMARTS) is 1. The lowest BCUT2D eigenvalue weighted by molar-refractivity contribution is -0.133. The van der Waals surface area contributed by atoms with Crippen LogP contribution in [0.3, 0.4) is 0 Å². The Morgan fingerprint density at radius 3 is 2.54 bits per heavy atom. The topological polar surface area (TPSA) is 105 Å². The molecule has 0 radical (unpaired) electrons. The molecule has 0 atom stereocenters. The summed E-state index contributed by atoms with van der Waals surface area (Å²) in [6.07, 6.45) is 2.28. The minimum absolute atomic E-state index is 0.115. The van der Waals surface area contributed by atoms with Gasteiger partial charge in [0.1, 0.15) is 5.03 Å². The summed E-state index contributed by atoms with van der Waals surface area (Å²) in [5.41, 5.74) is 12.7. The smallest absolute Gasteiger partial charge is 0.356 e. The number of nitrogens with two attached hydrogens (primary N) is 2. The predicted octanol–water partition coefficient (Wildman–Crippen LogP) is 2.50. The third-order valence-corrected chi connectivity index (χ3v) is 5.38. The zero-order chi connectivity index (χ0) is 18.7. The number of rotatable bonds is 5. The molecule has 0 amide bonds. The van der Waals surface area contributed by atoms with Crippen LogP contribution in [-0.4, -0.2) is 24.7 Å². The molecule has 0 unspecified atom stereocenters. The van der Waals surface area contributed by atoms with Crippen LogP contribution in [0, 0.1) is 0 Å². The summed E-state index contributed by atoms with van der Waals surface area (Å²) in [6.45, 7) is 1.10. The summed E-state index contributed by atoms with van der Waals surface area (Å²) in [6, 6.07) is 14.4. The van der Waals surface area contributed by atoms with Crippen molar-refractivity contribution in [2.24, 2.45) is 11.6 Å². The van der Waals surface area contributed by atoms with Gasteiger partial charge in [-0.2, -0.15) is 0 Å². The minimum Gasteiger partial charge on any atom is -0.476 e. The van der Waals surface area contributed by atoms with E-state index in [-0.39, 0.29) is 10.7 Å². The number of aliphatic carboxylic acids is 1. The molecule has 2 aromatic rings.